The Hall–Kier alpha value is -6.72. The van der Waals surface area contributed by atoms with E-state index in [0.717, 1.165) is 82.6 Å². The molecule has 4 aromatic heterocycles. The standard InChI is InChI=1S/C44H26N4O/c1-3-13-27(14-4-1)40-33-18-7-10-20-35(33)45-44(46-40)48-41-31(25-26-38-39(41)34-19-9-12-22-37(34)49-38)32-24-23-30-29-17-8-11-21-36(29)47(42(30)43(32)48)28-15-5-2-6-16-28/h1-26H. The highest BCUT2D eigenvalue weighted by atomic mass is 16.3. The summed E-state index contributed by atoms with van der Waals surface area (Å²) in [7, 11) is 0. The summed E-state index contributed by atoms with van der Waals surface area (Å²) in [5, 5.41) is 7.76. The molecule has 0 bridgehead atoms. The second-order valence-corrected chi connectivity index (χ2v) is 12.6. The van der Waals surface area contributed by atoms with E-state index < -0.39 is 0 Å². The van der Waals surface area contributed by atoms with Crippen LogP contribution >= 0.6 is 0 Å². The molecule has 0 spiro atoms. The summed E-state index contributed by atoms with van der Waals surface area (Å²) in [5.74, 6) is 0.618. The fraction of sp³-hybridized carbons (Fsp3) is 0. The molecule has 0 unspecified atom stereocenters. The molecule has 0 aliphatic rings. The molecule has 0 aliphatic heterocycles. The molecule has 0 N–H and O–H groups in total. The van der Waals surface area contributed by atoms with Crippen molar-refractivity contribution >= 4 is 76.5 Å². The van der Waals surface area contributed by atoms with Crippen molar-refractivity contribution in [2.45, 2.75) is 0 Å². The minimum Gasteiger partial charge on any atom is -0.456 e. The number of hydrogen-bond acceptors (Lipinski definition) is 3. The Kier molecular flexibility index (Phi) is 5.32. The zero-order valence-corrected chi connectivity index (χ0v) is 26.2. The van der Waals surface area contributed by atoms with E-state index in [-0.39, 0.29) is 0 Å². The number of furan rings is 1. The fourth-order valence-electron chi connectivity index (χ4n) is 7.87. The quantitative estimate of drug-likeness (QED) is 0.196. The van der Waals surface area contributed by atoms with E-state index in [1.165, 1.54) is 10.8 Å². The third-order valence-corrected chi connectivity index (χ3v) is 9.92. The summed E-state index contributed by atoms with van der Waals surface area (Å²) >= 11 is 0. The summed E-state index contributed by atoms with van der Waals surface area (Å²) in [6.45, 7) is 0. The van der Waals surface area contributed by atoms with Crippen LogP contribution in [0.1, 0.15) is 0 Å². The first-order chi connectivity index (χ1) is 24.3. The number of para-hydroxylation sites is 4. The van der Waals surface area contributed by atoms with Gasteiger partial charge in [0.15, 0.2) is 0 Å². The van der Waals surface area contributed by atoms with Crippen molar-refractivity contribution < 1.29 is 4.42 Å². The van der Waals surface area contributed by atoms with Crippen LogP contribution < -0.4 is 0 Å². The third-order valence-electron chi connectivity index (χ3n) is 9.92. The van der Waals surface area contributed by atoms with Gasteiger partial charge in [-0.3, -0.25) is 4.57 Å². The highest BCUT2D eigenvalue weighted by Gasteiger charge is 2.25. The van der Waals surface area contributed by atoms with Crippen LogP contribution in [0, 0.1) is 0 Å². The summed E-state index contributed by atoms with van der Waals surface area (Å²) in [6.07, 6.45) is 0. The number of benzene rings is 7. The highest BCUT2D eigenvalue weighted by molar-refractivity contribution is 6.29. The predicted octanol–water partition coefficient (Wildman–Crippen LogP) is 11.4. The van der Waals surface area contributed by atoms with Crippen molar-refractivity contribution in [3.05, 3.63) is 158 Å². The maximum atomic E-state index is 6.48. The molecule has 0 saturated heterocycles. The maximum Gasteiger partial charge on any atom is 0.235 e. The Morgan fingerprint density at radius 1 is 0.408 bits per heavy atom. The Morgan fingerprint density at radius 2 is 1.02 bits per heavy atom. The number of rotatable bonds is 3. The van der Waals surface area contributed by atoms with Gasteiger partial charge in [-0.1, -0.05) is 115 Å². The Labute approximate surface area is 279 Å². The van der Waals surface area contributed by atoms with Gasteiger partial charge < -0.3 is 8.98 Å². The largest absolute Gasteiger partial charge is 0.456 e. The molecule has 49 heavy (non-hydrogen) atoms. The SMILES string of the molecule is c1ccc(-c2nc(-n3c4c(ccc5oc6ccccc6c54)c4ccc5c6ccccc6n(-c6ccccc6)c5c43)nc3ccccc23)cc1. The lowest BCUT2D eigenvalue weighted by molar-refractivity contribution is 0.669. The summed E-state index contributed by atoms with van der Waals surface area (Å²) < 4.78 is 11.2. The monoisotopic (exact) mass is 626 g/mol. The highest BCUT2D eigenvalue weighted by Crippen LogP contribution is 2.45. The first-order valence-electron chi connectivity index (χ1n) is 16.5. The number of nitrogens with zero attached hydrogens (tertiary/aromatic N) is 4. The van der Waals surface area contributed by atoms with Crippen molar-refractivity contribution in [3.8, 4) is 22.9 Å². The van der Waals surface area contributed by atoms with Crippen LogP contribution in [0.4, 0.5) is 0 Å². The van der Waals surface area contributed by atoms with Gasteiger partial charge in [0, 0.05) is 43.6 Å². The lowest BCUT2D eigenvalue weighted by Gasteiger charge is -2.14. The average molecular weight is 627 g/mol. The van der Waals surface area contributed by atoms with Gasteiger partial charge in [-0.25, -0.2) is 9.97 Å². The Morgan fingerprint density at radius 3 is 1.86 bits per heavy atom. The van der Waals surface area contributed by atoms with Gasteiger partial charge >= 0.3 is 0 Å². The molecule has 0 radical (unpaired) electrons. The number of hydrogen-bond donors (Lipinski definition) is 0. The van der Waals surface area contributed by atoms with E-state index in [2.05, 4.69) is 143 Å². The second-order valence-electron chi connectivity index (χ2n) is 12.6. The van der Waals surface area contributed by atoms with Crippen molar-refractivity contribution in [2.24, 2.45) is 0 Å². The molecular formula is C44H26N4O. The molecule has 7 aromatic carbocycles. The van der Waals surface area contributed by atoms with E-state index >= 15 is 0 Å². The van der Waals surface area contributed by atoms with Crippen molar-refractivity contribution in [1.82, 2.24) is 19.1 Å². The van der Waals surface area contributed by atoms with Crippen LogP contribution in [0.25, 0.3) is 99.3 Å². The molecule has 228 valence electrons. The third kappa shape index (κ3) is 3.64. The predicted molar refractivity (Wildman–Crippen MR) is 201 cm³/mol. The normalized spacial score (nSPS) is 12.1. The molecule has 0 fully saturated rings. The van der Waals surface area contributed by atoms with E-state index in [0.29, 0.717) is 5.95 Å². The van der Waals surface area contributed by atoms with E-state index in [1.54, 1.807) is 0 Å². The summed E-state index contributed by atoms with van der Waals surface area (Å²) in [4.78, 5) is 10.8. The van der Waals surface area contributed by atoms with Gasteiger partial charge in [-0.05, 0) is 42.5 Å². The zero-order valence-electron chi connectivity index (χ0n) is 26.2. The number of aromatic nitrogens is 4. The zero-order chi connectivity index (χ0) is 32.1. The lowest BCUT2D eigenvalue weighted by Crippen LogP contribution is -2.05. The lowest BCUT2D eigenvalue weighted by atomic mass is 10.1. The van der Waals surface area contributed by atoms with E-state index in [4.69, 9.17) is 14.4 Å². The maximum absolute atomic E-state index is 6.48. The molecule has 5 nitrogen and oxygen atoms in total. The minimum absolute atomic E-state index is 0.618. The van der Waals surface area contributed by atoms with Crippen LogP contribution in [0.15, 0.2) is 162 Å². The molecule has 0 saturated carbocycles. The summed E-state index contributed by atoms with van der Waals surface area (Å²) in [5.41, 5.74) is 9.97. The van der Waals surface area contributed by atoms with Gasteiger partial charge in [-0.15, -0.1) is 0 Å². The van der Waals surface area contributed by atoms with Crippen LogP contribution in [0.3, 0.4) is 0 Å². The smallest absolute Gasteiger partial charge is 0.235 e. The van der Waals surface area contributed by atoms with Crippen LogP contribution in [0.5, 0.6) is 0 Å². The van der Waals surface area contributed by atoms with Crippen molar-refractivity contribution in [3.63, 3.8) is 0 Å². The Bertz CT molecular complexity index is 3100. The first kappa shape index (κ1) is 26.4. The van der Waals surface area contributed by atoms with E-state index in [1.807, 2.05) is 24.3 Å². The van der Waals surface area contributed by atoms with Crippen LogP contribution in [-0.2, 0) is 0 Å². The molecular weight excluding hydrogens is 601 g/mol. The van der Waals surface area contributed by atoms with Gasteiger partial charge in [-0.2, -0.15) is 0 Å². The van der Waals surface area contributed by atoms with E-state index in [9.17, 15) is 0 Å². The first-order valence-corrected chi connectivity index (χ1v) is 16.5. The second kappa shape index (κ2) is 9.89. The van der Waals surface area contributed by atoms with Gasteiger partial charge in [0.25, 0.3) is 0 Å². The molecule has 5 heteroatoms. The average Bonchev–Trinajstić information content (AvgIpc) is 3.82. The summed E-state index contributed by atoms with van der Waals surface area (Å²) in [6, 6.07) is 55.2. The molecule has 0 atom stereocenters. The fourth-order valence-corrected chi connectivity index (χ4v) is 7.87. The van der Waals surface area contributed by atoms with Crippen molar-refractivity contribution in [2.75, 3.05) is 0 Å². The van der Waals surface area contributed by atoms with Gasteiger partial charge in [0.2, 0.25) is 5.95 Å². The number of fused-ring (bicyclic) bond motifs is 12. The van der Waals surface area contributed by atoms with Crippen molar-refractivity contribution in [1.29, 1.82) is 0 Å². The van der Waals surface area contributed by atoms with Gasteiger partial charge in [0.1, 0.15) is 11.2 Å². The van der Waals surface area contributed by atoms with Gasteiger partial charge in [0.05, 0.1) is 38.7 Å². The molecule has 11 rings (SSSR count). The molecule has 4 heterocycles. The molecule has 11 aromatic rings. The topological polar surface area (TPSA) is 48.8 Å². The molecule has 0 amide bonds. The van der Waals surface area contributed by atoms with Crippen LogP contribution in [-0.4, -0.2) is 19.1 Å². The minimum atomic E-state index is 0.618. The Balaban J connectivity index is 1.42. The van der Waals surface area contributed by atoms with Crippen LogP contribution in [0.2, 0.25) is 0 Å². The molecule has 0 aliphatic carbocycles.